The van der Waals surface area contributed by atoms with Crippen LogP contribution in [-0.2, 0) is 9.22 Å². The third-order valence-electron chi connectivity index (χ3n) is 4.75. The summed E-state index contributed by atoms with van der Waals surface area (Å²) in [6.07, 6.45) is 4.43. The molecule has 4 heteroatoms. The van der Waals surface area contributed by atoms with Crippen LogP contribution in [0.4, 0.5) is 0 Å². The highest BCUT2D eigenvalue weighted by molar-refractivity contribution is 14.1. The molecule has 0 aliphatic carbocycles. The number of carbonyl (C=O) groups is 1. The molecule has 0 rings (SSSR count). The Balaban J connectivity index is 5.17. The molecule has 0 bridgehead atoms. The van der Waals surface area contributed by atoms with Crippen molar-refractivity contribution in [2.45, 2.75) is 72.2 Å². The number of aldehydes is 1. The predicted octanol–water partition coefficient (Wildman–Crippen LogP) is 5.82. The predicted molar refractivity (Wildman–Crippen MR) is 103 cm³/mol. The SMILES string of the molecule is CC[Si](CC)(CC)O[C@@H]([C@@H](C)/C=C\I)[C@@H](C)C[C@@H](C)C=O. The highest BCUT2D eigenvalue weighted by Crippen LogP contribution is 2.31. The van der Waals surface area contributed by atoms with Crippen molar-refractivity contribution in [1.82, 2.24) is 0 Å². The quantitative estimate of drug-likeness (QED) is 0.237. The van der Waals surface area contributed by atoms with Crippen molar-refractivity contribution in [3.05, 3.63) is 10.2 Å². The maximum absolute atomic E-state index is 11.0. The summed E-state index contributed by atoms with van der Waals surface area (Å²) in [5, 5.41) is 0. The molecule has 0 aromatic carbocycles. The second-order valence-electron chi connectivity index (χ2n) is 6.33. The van der Waals surface area contributed by atoms with Crippen LogP contribution in [0.1, 0.15) is 48.0 Å². The van der Waals surface area contributed by atoms with Crippen LogP contribution < -0.4 is 0 Å². The number of hydrogen-bond acceptors (Lipinski definition) is 2. The maximum Gasteiger partial charge on any atom is 0.192 e. The highest BCUT2D eigenvalue weighted by atomic mass is 127. The van der Waals surface area contributed by atoms with Crippen LogP contribution >= 0.6 is 22.6 Å². The topological polar surface area (TPSA) is 26.3 Å². The summed E-state index contributed by atoms with van der Waals surface area (Å²) in [4.78, 5) is 11.0. The van der Waals surface area contributed by atoms with Gasteiger partial charge in [-0.25, -0.2) is 0 Å². The second-order valence-corrected chi connectivity index (χ2v) is 11.8. The Morgan fingerprint density at radius 2 is 1.62 bits per heavy atom. The number of carbonyl (C=O) groups excluding carboxylic acids is 1. The average Bonchev–Trinajstić information content (AvgIpc) is 2.49. The summed E-state index contributed by atoms with van der Waals surface area (Å²) in [7, 11) is -1.62. The summed E-state index contributed by atoms with van der Waals surface area (Å²) in [5.74, 6) is 0.916. The third-order valence-corrected chi connectivity index (χ3v) is 9.80. The van der Waals surface area contributed by atoms with Gasteiger partial charge >= 0.3 is 0 Å². The van der Waals surface area contributed by atoms with Crippen LogP contribution in [0.3, 0.4) is 0 Å². The van der Waals surface area contributed by atoms with Gasteiger partial charge in [0.25, 0.3) is 0 Å². The fourth-order valence-corrected chi connectivity index (χ4v) is 6.71. The largest absolute Gasteiger partial charge is 0.413 e. The first-order valence-corrected chi connectivity index (χ1v) is 12.1. The van der Waals surface area contributed by atoms with E-state index in [-0.39, 0.29) is 12.0 Å². The van der Waals surface area contributed by atoms with E-state index < -0.39 is 8.32 Å². The summed E-state index contributed by atoms with van der Waals surface area (Å²) >= 11 is 2.28. The average molecular weight is 424 g/mol. The lowest BCUT2D eigenvalue weighted by Gasteiger charge is -2.38. The molecule has 2 nitrogen and oxygen atoms in total. The first-order chi connectivity index (χ1) is 9.89. The molecule has 0 N–H and O–H groups in total. The van der Waals surface area contributed by atoms with E-state index in [0.29, 0.717) is 11.8 Å². The van der Waals surface area contributed by atoms with Crippen molar-refractivity contribution in [3.8, 4) is 0 Å². The Labute approximate surface area is 146 Å². The fourth-order valence-electron chi connectivity index (χ4n) is 3.03. The minimum absolute atomic E-state index is 0.114. The molecule has 4 atom stereocenters. The molecule has 0 spiro atoms. The van der Waals surface area contributed by atoms with Gasteiger partial charge in [-0.2, -0.15) is 0 Å². The lowest BCUT2D eigenvalue weighted by Crippen LogP contribution is -2.44. The normalized spacial score (nSPS) is 18.4. The van der Waals surface area contributed by atoms with Crippen molar-refractivity contribution < 1.29 is 9.22 Å². The number of rotatable bonds is 11. The molecular formula is C17H33IO2Si. The molecule has 0 aromatic rings. The molecule has 0 saturated heterocycles. The Hall–Kier alpha value is 0.317. The van der Waals surface area contributed by atoms with Crippen molar-refractivity contribution in [2.75, 3.05) is 0 Å². The first-order valence-electron chi connectivity index (χ1n) is 8.29. The maximum atomic E-state index is 11.0. The van der Waals surface area contributed by atoms with Gasteiger partial charge < -0.3 is 9.22 Å². The Kier molecular flexibility index (Phi) is 11.1. The minimum Gasteiger partial charge on any atom is -0.413 e. The van der Waals surface area contributed by atoms with E-state index in [2.05, 4.69) is 67.4 Å². The van der Waals surface area contributed by atoms with E-state index in [4.69, 9.17) is 4.43 Å². The van der Waals surface area contributed by atoms with Gasteiger partial charge in [0.1, 0.15) is 6.29 Å². The first kappa shape index (κ1) is 21.3. The van der Waals surface area contributed by atoms with Crippen LogP contribution in [0.15, 0.2) is 10.2 Å². The van der Waals surface area contributed by atoms with Gasteiger partial charge in [-0.1, -0.05) is 70.2 Å². The van der Waals surface area contributed by atoms with Crippen LogP contribution in [0, 0.1) is 17.8 Å². The van der Waals surface area contributed by atoms with Crippen LogP contribution in [0.25, 0.3) is 0 Å². The highest BCUT2D eigenvalue weighted by Gasteiger charge is 2.35. The standard InChI is InChI=1S/C17H33IO2Si/c1-7-21(8-2,9-3)20-17(15(5)10-11-18)16(6)12-14(4)13-19/h10-11,13-17H,7-9,12H2,1-6H3/b11-10-/t14-,15+,16+,17+/m1/s1. The summed E-state index contributed by atoms with van der Waals surface area (Å²) in [6, 6.07) is 3.52. The molecule has 0 aliphatic heterocycles. The van der Waals surface area contributed by atoms with Crippen molar-refractivity contribution in [3.63, 3.8) is 0 Å². The van der Waals surface area contributed by atoms with Gasteiger partial charge in [0.2, 0.25) is 0 Å². The van der Waals surface area contributed by atoms with E-state index in [1.54, 1.807) is 0 Å². The third kappa shape index (κ3) is 6.95. The van der Waals surface area contributed by atoms with Gasteiger partial charge in [-0.3, -0.25) is 0 Å². The summed E-state index contributed by atoms with van der Waals surface area (Å²) < 4.78 is 8.86. The smallest absolute Gasteiger partial charge is 0.192 e. The van der Waals surface area contributed by atoms with E-state index >= 15 is 0 Å². The molecule has 21 heavy (non-hydrogen) atoms. The zero-order valence-corrected chi connectivity index (χ0v) is 17.7. The van der Waals surface area contributed by atoms with Gasteiger partial charge in [0.15, 0.2) is 8.32 Å². The van der Waals surface area contributed by atoms with E-state index in [1.165, 1.54) is 18.1 Å². The van der Waals surface area contributed by atoms with Crippen LogP contribution in [0.5, 0.6) is 0 Å². The molecule has 0 unspecified atom stereocenters. The monoisotopic (exact) mass is 424 g/mol. The van der Waals surface area contributed by atoms with E-state index in [0.717, 1.165) is 12.7 Å². The van der Waals surface area contributed by atoms with Crippen molar-refractivity contribution >= 4 is 37.2 Å². The van der Waals surface area contributed by atoms with Gasteiger partial charge in [0.05, 0.1) is 6.10 Å². The number of hydrogen-bond donors (Lipinski definition) is 0. The molecule has 124 valence electrons. The molecule has 0 aliphatic rings. The molecular weight excluding hydrogens is 391 g/mol. The lowest BCUT2D eigenvalue weighted by molar-refractivity contribution is -0.111. The molecule has 0 saturated carbocycles. The van der Waals surface area contributed by atoms with Crippen molar-refractivity contribution in [2.24, 2.45) is 17.8 Å². The van der Waals surface area contributed by atoms with Gasteiger partial charge in [-0.15, -0.1) is 0 Å². The Bertz CT molecular complexity index is 308. The fraction of sp³-hybridized carbons (Fsp3) is 0.824. The summed E-state index contributed by atoms with van der Waals surface area (Å²) in [5.41, 5.74) is 0. The zero-order valence-electron chi connectivity index (χ0n) is 14.6. The second kappa shape index (κ2) is 10.9. The Morgan fingerprint density at radius 1 is 1.10 bits per heavy atom. The Morgan fingerprint density at radius 3 is 2.00 bits per heavy atom. The summed E-state index contributed by atoms with van der Waals surface area (Å²) in [6.45, 7) is 13.3. The molecule has 0 amide bonds. The van der Waals surface area contributed by atoms with Gasteiger partial charge in [-0.05, 0) is 40.5 Å². The van der Waals surface area contributed by atoms with E-state index in [9.17, 15) is 4.79 Å². The zero-order chi connectivity index (χ0) is 16.5. The van der Waals surface area contributed by atoms with Crippen LogP contribution in [0.2, 0.25) is 18.1 Å². The molecule has 0 heterocycles. The van der Waals surface area contributed by atoms with Gasteiger partial charge in [0, 0.05) is 5.92 Å². The van der Waals surface area contributed by atoms with Crippen molar-refractivity contribution in [1.29, 1.82) is 0 Å². The molecule has 0 fully saturated rings. The van der Waals surface area contributed by atoms with E-state index in [1.807, 2.05) is 6.92 Å². The lowest BCUT2D eigenvalue weighted by atomic mass is 9.87. The molecule has 0 radical (unpaired) electrons. The number of halogens is 1. The minimum atomic E-state index is -1.62. The van der Waals surface area contributed by atoms with Crippen LogP contribution in [-0.4, -0.2) is 20.7 Å². The molecule has 0 aromatic heterocycles.